The number of carbonyl (C=O) groups excluding carboxylic acids is 1. The van der Waals surface area contributed by atoms with Crippen LogP contribution in [0.5, 0.6) is 0 Å². The zero-order valence-corrected chi connectivity index (χ0v) is 17.1. The van der Waals surface area contributed by atoms with Crippen molar-refractivity contribution in [1.82, 2.24) is 4.90 Å². The minimum Gasteiger partial charge on any atom is -0.454 e. The number of ether oxygens (including phenoxy) is 2. The molecule has 1 aliphatic heterocycles. The van der Waals surface area contributed by atoms with Crippen LogP contribution in [0.3, 0.4) is 0 Å². The summed E-state index contributed by atoms with van der Waals surface area (Å²) in [4.78, 5) is 14.8. The van der Waals surface area contributed by atoms with Gasteiger partial charge in [-0.05, 0) is 24.3 Å². The van der Waals surface area contributed by atoms with E-state index in [-0.39, 0.29) is 18.4 Å². The lowest BCUT2D eigenvalue weighted by molar-refractivity contribution is 0.0130. The molecule has 1 aliphatic rings. The fraction of sp³-hybridized carbons (Fsp3) is 0.350. The molecule has 0 aliphatic carbocycles. The van der Waals surface area contributed by atoms with E-state index in [4.69, 9.17) is 32.7 Å². The van der Waals surface area contributed by atoms with E-state index < -0.39 is 6.10 Å². The van der Waals surface area contributed by atoms with Crippen molar-refractivity contribution in [3.8, 4) is 0 Å². The molecule has 0 spiro atoms. The van der Waals surface area contributed by atoms with E-state index in [0.717, 1.165) is 38.4 Å². The average Bonchev–Trinajstić information content (AvgIpc) is 2.67. The fourth-order valence-corrected chi connectivity index (χ4v) is 3.47. The van der Waals surface area contributed by atoms with Crippen LogP contribution in [0.15, 0.2) is 48.5 Å². The molecule has 3 rings (SSSR count). The van der Waals surface area contributed by atoms with Gasteiger partial charge in [0.1, 0.15) is 6.10 Å². The Hall–Kier alpha value is -1.30. The zero-order chi connectivity index (χ0) is 18.4. The van der Waals surface area contributed by atoms with Gasteiger partial charge in [-0.25, -0.2) is 4.79 Å². The SMILES string of the molecule is Cl.O=C(OC(CCN1CCOCC1)c1ccc(Cl)cc1Cl)c1ccccc1. The van der Waals surface area contributed by atoms with Crippen LogP contribution in [0.25, 0.3) is 0 Å². The molecule has 0 bridgehead atoms. The number of rotatable bonds is 6. The van der Waals surface area contributed by atoms with E-state index in [1.165, 1.54) is 0 Å². The minimum absolute atomic E-state index is 0. The Kier molecular flexibility index (Phi) is 8.87. The molecule has 1 saturated heterocycles. The normalized spacial score (nSPS) is 15.6. The highest BCUT2D eigenvalue weighted by Crippen LogP contribution is 2.31. The van der Waals surface area contributed by atoms with Crippen molar-refractivity contribution in [1.29, 1.82) is 0 Å². The number of nitrogens with zero attached hydrogens (tertiary/aromatic N) is 1. The molecule has 0 N–H and O–H groups in total. The monoisotopic (exact) mass is 429 g/mol. The van der Waals surface area contributed by atoms with Gasteiger partial charge in [0.25, 0.3) is 0 Å². The van der Waals surface area contributed by atoms with Gasteiger partial charge in [0.2, 0.25) is 0 Å². The molecule has 1 heterocycles. The van der Waals surface area contributed by atoms with Gasteiger partial charge in [-0.2, -0.15) is 0 Å². The molecule has 0 radical (unpaired) electrons. The standard InChI is InChI=1S/C20H21Cl2NO3.ClH/c21-16-6-7-17(18(22)14-16)19(8-9-23-10-12-25-13-11-23)26-20(24)15-4-2-1-3-5-15;/h1-7,14,19H,8-13H2;1H. The molecule has 2 aromatic carbocycles. The van der Waals surface area contributed by atoms with E-state index in [9.17, 15) is 4.79 Å². The summed E-state index contributed by atoms with van der Waals surface area (Å²) < 4.78 is 11.2. The minimum atomic E-state index is -0.435. The summed E-state index contributed by atoms with van der Waals surface area (Å²) in [6, 6.07) is 14.2. The van der Waals surface area contributed by atoms with Gasteiger partial charge in [-0.1, -0.05) is 47.5 Å². The highest BCUT2D eigenvalue weighted by atomic mass is 35.5. The second-order valence-corrected chi connectivity index (χ2v) is 7.01. The molecule has 1 atom stereocenters. The summed E-state index contributed by atoms with van der Waals surface area (Å²) in [5.74, 6) is -0.358. The second kappa shape index (κ2) is 10.9. The van der Waals surface area contributed by atoms with Crippen LogP contribution in [0.4, 0.5) is 0 Å². The van der Waals surface area contributed by atoms with E-state index in [1.807, 2.05) is 24.3 Å². The summed E-state index contributed by atoms with van der Waals surface area (Å²) in [7, 11) is 0. The lowest BCUT2D eigenvalue weighted by Crippen LogP contribution is -2.37. The first-order valence-corrected chi connectivity index (χ1v) is 9.40. The molecule has 0 amide bonds. The van der Waals surface area contributed by atoms with Gasteiger partial charge in [0, 0.05) is 41.7 Å². The third-order valence-corrected chi connectivity index (χ3v) is 4.94. The number of hydrogen-bond donors (Lipinski definition) is 0. The predicted molar refractivity (Wildman–Crippen MR) is 110 cm³/mol. The largest absolute Gasteiger partial charge is 0.454 e. The van der Waals surface area contributed by atoms with E-state index >= 15 is 0 Å². The van der Waals surface area contributed by atoms with Gasteiger partial charge < -0.3 is 9.47 Å². The second-order valence-electron chi connectivity index (χ2n) is 6.17. The first kappa shape index (κ1) is 22.0. The van der Waals surface area contributed by atoms with Crippen molar-refractivity contribution >= 4 is 41.6 Å². The number of hydrogen-bond acceptors (Lipinski definition) is 4. The smallest absolute Gasteiger partial charge is 0.338 e. The number of esters is 1. The molecule has 0 aromatic heterocycles. The third kappa shape index (κ3) is 6.37. The van der Waals surface area contributed by atoms with Crippen molar-refractivity contribution in [3.05, 3.63) is 69.7 Å². The van der Waals surface area contributed by atoms with Gasteiger partial charge in [-0.3, -0.25) is 4.90 Å². The first-order valence-electron chi connectivity index (χ1n) is 8.64. The van der Waals surface area contributed by atoms with E-state index in [1.54, 1.807) is 24.3 Å². The Morgan fingerprint density at radius 1 is 1.11 bits per heavy atom. The van der Waals surface area contributed by atoms with Crippen LogP contribution in [-0.4, -0.2) is 43.7 Å². The Labute approximate surface area is 175 Å². The maximum absolute atomic E-state index is 12.5. The van der Waals surface area contributed by atoms with Crippen molar-refractivity contribution < 1.29 is 14.3 Å². The number of benzene rings is 2. The van der Waals surface area contributed by atoms with Crippen LogP contribution in [0.2, 0.25) is 10.0 Å². The predicted octanol–water partition coefficient (Wildman–Crippen LogP) is 5.04. The van der Waals surface area contributed by atoms with Crippen molar-refractivity contribution in [3.63, 3.8) is 0 Å². The molecule has 2 aromatic rings. The number of carbonyl (C=O) groups is 1. The molecule has 4 nitrogen and oxygen atoms in total. The van der Waals surface area contributed by atoms with Crippen LogP contribution < -0.4 is 0 Å². The van der Waals surface area contributed by atoms with Crippen molar-refractivity contribution in [2.45, 2.75) is 12.5 Å². The molecule has 1 unspecified atom stereocenters. The molecular weight excluding hydrogens is 409 g/mol. The summed E-state index contributed by atoms with van der Waals surface area (Å²) in [5, 5.41) is 1.06. The maximum atomic E-state index is 12.5. The molecule has 1 fully saturated rings. The van der Waals surface area contributed by atoms with Crippen LogP contribution >= 0.6 is 35.6 Å². The van der Waals surface area contributed by atoms with Crippen molar-refractivity contribution in [2.75, 3.05) is 32.8 Å². The Morgan fingerprint density at radius 3 is 2.48 bits per heavy atom. The Balaban J connectivity index is 0.00000261. The summed E-state index contributed by atoms with van der Waals surface area (Å²) in [6.07, 6.45) is 0.218. The Bertz CT molecular complexity index is 737. The summed E-state index contributed by atoms with van der Waals surface area (Å²) >= 11 is 12.4. The average molecular weight is 431 g/mol. The van der Waals surface area contributed by atoms with Crippen LogP contribution in [-0.2, 0) is 9.47 Å². The molecule has 146 valence electrons. The molecule has 27 heavy (non-hydrogen) atoms. The quantitative estimate of drug-likeness (QED) is 0.602. The van der Waals surface area contributed by atoms with Gasteiger partial charge in [0.15, 0.2) is 0 Å². The molecular formula is C20H22Cl3NO3. The summed E-state index contributed by atoms with van der Waals surface area (Å²) in [5.41, 5.74) is 1.29. The van der Waals surface area contributed by atoms with Crippen molar-refractivity contribution in [2.24, 2.45) is 0 Å². The lowest BCUT2D eigenvalue weighted by Gasteiger charge is -2.28. The van der Waals surface area contributed by atoms with Gasteiger partial charge in [-0.15, -0.1) is 12.4 Å². The zero-order valence-electron chi connectivity index (χ0n) is 14.8. The van der Waals surface area contributed by atoms with E-state index in [2.05, 4.69) is 4.90 Å². The third-order valence-electron chi connectivity index (χ3n) is 4.38. The number of morpholine rings is 1. The topological polar surface area (TPSA) is 38.8 Å². The highest BCUT2D eigenvalue weighted by Gasteiger charge is 2.22. The van der Waals surface area contributed by atoms with Gasteiger partial charge in [0.05, 0.1) is 18.8 Å². The fourth-order valence-electron chi connectivity index (χ4n) is 2.94. The van der Waals surface area contributed by atoms with Crippen LogP contribution in [0.1, 0.15) is 28.4 Å². The van der Waals surface area contributed by atoms with Gasteiger partial charge >= 0.3 is 5.97 Å². The first-order chi connectivity index (χ1) is 12.6. The molecule has 7 heteroatoms. The molecule has 0 saturated carbocycles. The highest BCUT2D eigenvalue weighted by molar-refractivity contribution is 6.35. The maximum Gasteiger partial charge on any atom is 0.338 e. The van der Waals surface area contributed by atoms with Crippen LogP contribution in [0, 0.1) is 0 Å². The lowest BCUT2D eigenvalue weighted by atomic mass is 10.1. The summed E-state index contributed by atoms with van der Waals surface area (Å²) in [6.45, 7) is 4.03. The Morgan fingerprint density at radius 2 is 1.81 bits per heavy atom. The van der Waals surface area contributed by atoms with E-state index in [0.29, 0.717) is 22.0 Å². The number of halogens is 3.